The van der Waals surface area contributed by atoms with E-state index in [1.54, 1.807) is 6.07 Å². The van der Waals surface area contributed by atoms with E-state index < -0.39 is 17.3 Å². The van der Waals surface area contributed by atoms with Crippen LogP contribution in [0.15, 0.2) is 39.5 Å². The minimum Gasteiger partial charge on any atom is -0.444 e. The molecule has 1 amide bonds. The molecule has 1 aliphatic carbocycles. The number of nitrogens with one attached hydrogen (secondary N) is 1. The number of benzene rings is 1. The molecule has 152 valence electrons. The molecule has 1 aromatic heterocycles. The predicted octanol–water partition coefficient (Wildman–Crippen LogP) is 3.92. The molecule has 0 radical (unpaired) electrons. The molecule has 0 saturated heterocycles. The summed E-state index contributed by atoms with van der Waals surface area (Å²) in [5, 5.41) is 14.7. The van der Waals surface area contributed by atoms with E-state index >= 15 is 0 Å². The van der Waals surface area contributed by atoms with Crippen molar-refractivity contribution >= 4 is 17.1 Å². The second kappa shape index (κ2) is 7.95. The second-order valence-electron chi connectivity index (χ2n) is 8.73. The first-order chi connectivity index (χ1) is 13.1. The predicted molar refractivity (Wildman–Crippen MR) is 107 cm³/mol. The Bertz CT molecular complexity index is 888. The number of para-hydroxylation sites is 1. The Morgan fingerprint density at radius 2 is 1.96 bits per heavy atom. The Kier molecular flexibility index (Phi) is 5.79. The number of amides is 1. The summed E-state index contributed by atoms with van der Waals surface area (Å²) in [6, 6.07) is 8.97. The van der Waals surface area contributed by atoms with Crippen LogP contribution in [-0.4, -0.2) is 28.4 Å². The number of hydrogen-bond acceptors (Lipinski definition) is 5. The number of ether oxygens (including phenoxy) is 1. The van der Waals surface area contributed by atoms with Crippen LogP contribution in [0, 0.1) is 0 Å². The van der Waals surface area contributed by atoms with Crippen LogP contribution in [0.1, 0.15) is 58.4 Å². The highest BCUT2D eigenvalue weighted by Gasteiger charge is 2.34. The van der Waals surface area contributed by atoms with Gasteiger partial charge in [0.15, 0.2) is 0 Å². The van der Waals surface area contributed by atoms with Gasteiger partial charge in [0.25, 0.3) is 0 Å². The van der Waals surface area contributed by atoms with E-state index in [0.29, 0.717) is 44.1 Å². The summed E-state index contributed by atoms with van der Waals surface area (Å²) < 4.78 is 10.7. The average Bonchev–Trinajstić information content (AvgIpc) is 2.61. The van der Waals surface area contributed by atoms with Crippen LogP contribution in [-0.2, 0) is 11.2 Å². The molecule has 0 aliphatic heterocycles. The van der Waals surface area contributed by atoms with E-state index in [-0.39, 0.29) is 11.7 Å². The average molecular weight is 387 g/mol. The number of aryl methyl sites for hydroxylation is 1. The number of hydrogen-bond donors (Lipinski definition) is 2. The van der Waals surface area contributed by atoms with Gasteiger partial charge in [-0.1, -0.05) is 18.2 Å². The topological polar surface area (TPSA) is 88.8 Å². The van der Waals surface area contributed by atoms with Crippen LogP contribution in [0.4, 0.5) is 4.79 Å². The lowest BCUT2D eigenvalue weighted by Gasteiger charge is -2.36. The van der Waals surface area contributed by atoms with E-state index in [9.17, 15) is 14.7 Å². The minimum absolute atomic E-state index is 0.0192. The van der Waals surface area contributed by atoms with Crippen LogP contribution in [0.2, 0.25) is 0 Å². The molecular formula is C22H29NO5. The monoisotopic (exact) mass is 387 g/mol. The van der Waals surface area contributed by atoms with Crippen molar-refractivity contribution in [3.63, 3.8) is 0 Å². The molecule has 2 aromatic rings. The highest BCUT2D eigenvalue weighted by molar-refractivity contribution is 5.79. The lowest BCUT2D eigenvalue weighted by molar-refractivity contribution is -0.0128. The van der Waals surface area contributed by atoms with E-state index in [0.717, 1.165) is 10.9 Å². The number of rotatable bonds is 4. The maximum absolute atomic E-state index is 11.9. The van der Waals surface area contributed by atoms with Crippen LogP contribution in [0.25, 0.3) is 11.0 Å². The number of aliphatic hydroxyl groups is 1. The van der Waals surface area contributed by atoms with Gasteiger partial charge in [-0.2, -0.15) is 0 Å². The fourth-order valence-electron chi connectivity index (χ4n) is 3.74. The quantitative estimate of drug-likeness (QED) is 0.776. The smallest absolute Gasteiger partial charge is 0.407 e. The first-order valence-corrected chi connectivity index (χ1v) is 9.87. The van der Waals surface area contributed by atoms with Crippen molar-refractivity contribution in [2.45, 2.75) is 76.5 Å². The van der Waals surface area contributed by atoms with Gasteiger partial charge < -0.3 is 19.6 Å². The number of fused-ring (bicyclic) bond motifs is 1. The fourth-order valence-corrected chi connectivity index (χ4v) is 3.74. The van der Waals surface area contributed by atoms with Crippen molar-refractivity contribution in [2.75, 3.05) is 0 Å². The largest absolute Gasteiger partial charge is 0.444 e. The summed E-state index contributed by atoms with van der Waals surface area (Å²) in [5.41, 5.74) is -0.139. The lowest BCUT2D eigenvalue weighted by Crippen LogP contribution is -2.45. The second-order valence-corrected chi connectivity index (χ2v) is 8.73. The molecule has 1 aromatic carbocycles. The summed E-state index contributed by atoms with van der Waals surface area (Å²) in [6.07, 6.45) is 3.45. The normalized spacial score (nSPS) is 22.8. The Hall–Kier alpha value is -2.34. The summed E-state index contributed by atoms with van der Waals surface area (Å²) in [4.78, 5) is 23.5. The van der Waals surface area contributed by atoms with Gasteiger partial charge in [-0.15, -0.1) is 0 Å². The number of carbonyl (C=O) groups is 1. The highest BCUT2D eigenvalue weighted by Crippen LogP contribution is 2.33. The van der Waals surface area contributed by atoms with E-state index in [1.807, 2.05) is 39.0 Å². The molecule has 6 nitrogen and oxygen atoms in total. The molecular weight excluding hydrogens is 358 g/mol. The van der Waals surface area contributed by atoms with E-state index in [2.05, 4.69) is 5.32 Å². The van der Waals surface area contributed by atoms with Crippen molar-refractivity contribution in [1.29, 1.82) is 0 Å². The van der Waals surface area contributed by atoms with Crippen LogP contribution in [0.5, 0.6) is 0 Å². The Morgan fingerprint density at radius 1 is 1.25 bits per heavy atom. The SMILES string of the molecule is CC(C)(C)OC(=O)N[C@H]1CC[C@](O)(CCc2cccc3ccc(=O)oc23)CC1. The Labute approximate surface area is 164 Å². The molecule has 3 rings (SSSR count). The number of carbonyl (C=O) groups excluding carboxylic acids is 1. The molecule has 1 fully saturated rings. The third kappa shape index (κ3) is 5.35. The maximum atomic E-state index is 11.9. The minimum atomic E-state index is -0.774. The van der Waals surface area contributed by atoms with Crippen LogP contribution < -0.4 is 10.9 Å². The Balaban J connectivity index is 1.56. The summed E-state index contributed by atoms with van der Waals surface area (Å²) in [5.74, 6) is 0. The fraction of sp³-hybridized carbons (Fsp3) is 0.545. The van der Waals surface area contributed by atoms with Crippen molar-refractivity contribution in [2.24, 2.45) is 0 Å². The maximum Gasteiger partial charge on any atom is 0.407 e. The molecule has 28 heavy (non-hydrogen) atoms. The highest BCUT2D eigenvalue weighted by atomic mass is 16.6. The lowest BCUT2D eigenvalue weighted by atomic mass is 9.79. The molecule has 1 aliphatic rings. The molecule has 0 unspecified atom stereocenters. The van der Waals surface area contributed by atoms with E-state index in [4.69, 9.17) is 9.15 Å². The van der Waals surface area contributed by atoms with Crippen LogP contribution in [0.3, 0.4) is 0 Å². The van der Waals surface area contributed by atoms with Crippen molar-refractivity contribution in [3.8, 4) is 0 Å². The van der Waals surface area contributed by atoms with Crippen molar-refractivity contribution < 1.29 is 19.1 Å². The Morgan fingerprint density at radius 3 is 2.64 bits per heavy atom. The summed E-state index contributed by atoms with van der Waals surface area (Å²) in [6.45, 7) is 5.50. The molecule has 1 heterocycles. The zero-order valence-electron chi connectivity index (χ0n) is 16.8. The van der Waals surface area contributed by atoms with Crippen LogP contribution >= 0.6 is 0 Å². The molecule has 6 heteroatoms. The number of alkyl carbamates (subject to hydrolysis) is 1. The zero-order chi connectivity index (χ0) is 20.4. The van der Waals surface area contributed by atoms with Gasteiger partial charge in [0.05, 0.1) is 5.60 Å². The van der Waals surface area contributed by atoms with Crippen molar-refractivity contribution in [1.82, 2.24) is 5.32 Å². The third-order valence-electron chi connectivity index (χ3n) is 5.23. The van der Waals surface area contributed by atoms with Gasteiger partial charge in [0.1, 0.15) is 11.2 Å². The zero-order valence-corrected chi connectivity index (χ0v) is 16.8. The van der Waals surface area contributed by atoms with Gasteiger partial charge in [-0.05, 0) is 70.9 Å². The van der Waals surface area contributed by atoms with Gasteiger partial charge in [-0.3, -0.25) is 0 Å². The van der Waals surface area contributed by atoms with Gasteiger partial charge in [0, 0.05) is 17.5 Å². The molecule has 0 spiro atoms. The molecule has 1 saturated carbocycles. The summed E-state index contributed by atoms with van der Waals surface area (Å²) in [7, 11) is 0. The third-order valence-corrected chi connectivity index (χ3v) is 5.23. The van der Waals surface area contributed by atoms with Gasteiger partial charge in [0.2, 0.25) is 0 Å². The molecule has 0 bridgehead atoms. The molecule has 2 N–H and O–H groups in total. The van der Waals surface area contributed by atoms with Gasteiger partial charge >= 0.3 is 11.7 Å². The first kappa shape index (κ1) is 20.4. The first-order valence-electron chi connectivity index (χ1n) is 9.87. The van der Waals surface area contributed by atoms with E-state index in [1.165, 1.54) is 6.07 Å². The molecule has 0 atom stereocenters. The standard InChI is InChI=1S/C22H29NO5/c1-21(2,3)28-20(25)23-17-10-13-22(26,14-11-17)12-9-16-6-4-5-15-7-8-18(24)27-19(15)16/h4-8,17,26H,9-14H2,1-3H3,(H,23,25)/t17-,22+. The van der Waals surface area contributed by atoms with Gasteiger partial charge in [-0.25, -0.2) is 9.59 Å². The van der Waals surface area contributed by atoms with Crippen molar-refractivity contribution in [3.05, 3.63) is 46.3 Å². The summed E-state index contributed by atoms with van der Waals surface area (Å²) >= 11 is 0.